The number of hydrogen-bond donors (Lipinski definition) is 0. The molecular formula is C49H33NOS. The highest BCUT2D eigenvalue weighted by molar-refractivity contribution is 7.25. The predicted molar refractivity (Wildman–Crippen MR) is 222 cm³/mol. The van der Waals surface area contributed by atoms with Crippen LogP contribution in [0.1, 0.15) is 25.0 Å². The van der Waals surface area contributed by atoms with Crippen molar-refractivity contribution >= 4 is 81.3 Å². The lowest BCUT2D eigenvalue weighted by Gasteiger charge is -2.27. The third kappa shape index (κ3) is 4.17. The van der Waals surface area contributed by atoms with E-state index in [0.29, 0.717) is 0 Å². The van der Waals surface area contributed by atoms with Gasteiger partial charge in [0.2, 0.25) is 0 Å². The summed E-state index contributed by atoms with van der Waals surface area (Å²) in [6, 6.07) is 59.7. The molecule has 10 aromatic rings. The summed E-state index contributed by atoms with van der Waals surface area (Å²) in [6.07, 6.45) is 0. The van der Waals surface area contributed by atoms with Crippen LogP contribution in [0.5, 0.6) is 0 Å². The van der Waals surface area contributed by atoms with Crippen molar-refractivity contribution < 1.29 is 4.42 Å². The Balaban J connectivity index is 1.16. The molecule has 0 saturated heterocycles. The molecule has 2 aromatic heterocycles. The van der Waals surface area contributed by atoms with Crippen molar-refractivity contribution in [2.45, 2.75) is 19.3 Å². The summed E-state index contributed by atoms with van der Waals surface area (Å²) in [5.74, 6) is 0. The van der Waals surface area contributed by atoms with Gasteiger partial charge in [-0.15, -0.1) is 11.3 Å². The summed E-state index contributed by atoms with van der Waals surface area (Å²) < 4.78 is 9.26. The van der Waals surface area contributed by atoms with Gasteiger partial charge in [0.15, 0.2) is 0 Å². The summed E-state index contributed by atoms with van der Waals surface area (Å²) >= 11 is 1.86. The predicted octanol–water partition coefficient (Wildman–Crippen LogP) is 14.6. The Morgan fingerprint density at radius 1 is 0.500 bits per heavy atom. The number of benzene rings is 8. The van der Waals surface area contributed by atoms with Crippen LogP contribution in [0.2, 0.25) is 0 Å². The molecule has 0 amide bonds. The topological polar surface area (TPSA) is 16.4 Å². The van der Waals surface area contributed by atoms with Gasteiger partial charge in [-0.2, -0.15) is 0 Å². The van der Waals surface area contributed by atoms with Crippen LogP contribution in [-0.4, -0.2) is 0 Å². The third-order valence-corrected chi connectivity index (χ3v) is 12.4. The first-order valence-electron chi connectivity index (χ1n) is 17.9. The van der Waals surface area contributed by atoms with Gasteiger partial charge in [0, 0.05) is 58.8 Å². The first-order chi connectivity index (χ1) is 25.5. The Hall–Kier alpha value is -6.16. The lowest BCUT2D eigenvalue weighted by Crippen LogP contribution is -2.16. The second-order valence-electron chi connectivity index (χ2n) is 14.5. The zero-order chi connectivity index (χ0) is 34.6. The lowest BCUT2D eigenvalue weighted by atomic mass is 9.79. The van der Waals surface area contributed by atoms with Crippen molar-refractivity contribution in [3.05, 3.63) is 175 Å². The molecule has 0 saturated carbocycles. The maximum Gasteiger partial charge on any atom is 0.143 e. The zero-order valence-electron chi connectivity index (χ0n) is 28.9. The molecule has 1 aliphatic rings. The van der Waals surface area contributed by atoms with Gasteiger partial charge < -0.3 is 9.32 Å². The monoisotopic (exact) mass is 683 g/mol. The van der Waals surface area contributed by atoms with E-state index in [9.17, 15) is 0 Å². The van der Waals surface area contributed by atoms with E-state index in [-0.39, 0.29) is 5.41 Å². The van der Waals surface area contributed by atoms with Crippen LogP contribution in [0, 0.1) is 0 Å². The van der Waals surface area contributed by atoms with E-state index < -0.39 is 0 Å². The second kappa shape index (κ2) is 10.9. The molecule has 0 aliphatic heterocycles. The molecule has 3 heteroatoms. The van der Waals surface area contributed by atoms with Gasteiger partial charge in [-0.3, -0.25) is 0 Å². The van der Waals surface area contributed by atoms with Crippen molar-refractivity contribution in [1.82, 2.24) is 0 Å². The molecule has 2 nitrogen and oxygen atoms in total. The quantitative estimate of drug-likeness (QED) is 0.184. The zero-order valence-corrected chi connectivity index (χ0v) is 29.7. The fraction of sp³-hybridized carbons (Fsp3) is 0.0612. The fourth-order valence-electron chi connectivity index (χ4n) is 8.84. The Kier molecular flexibility index (Phi) is 6.21. The third-order valence-electron chi connectivity index (χ3n) is 11.2. The highest BCUT2D eigenvalue weighted by Crippen LogP contribution is 2.57. The molecule has 1 aliphatic carbocycles. The van der Waals surface area contributed by atoms with Gasteiger partial charge >= 0.3 is 0 Å². The fourth-order valence-corrected chi connectivity index (χ4v) is 9.98. The summed E-state index contributed by atoms with van der Waals surface area (Å²) in [7, 11) is 0. The van der Waals surface area contributed by atoms with E-state index in [1.807, 2.05) is 11.3 Å². The van der Waals surface area contributed by atoms with Gasteiger partial charge in [-0.05, 0) is 87.3 Å². The molecule has 0 atom stereocenters. The average Bonchev–Trinajstić information content (AvgIpc) is 3.83. The van der Waals surface area contributed by atoms with Crippen molar-refractivity contribution in [3.63, 3.8) is 0 Å². The molecule has 0 bridgehead atoms. The summed E-state index contributed by atoms with van der Waals surface area (Å²) in [5.41, 5.74) is 12.8. The number of nitrogens with zero attached hydrogens (tertiary/aromatic N) is 1. The molecule has 2 heterocycles. The largest absolute Gasteiger partial charge is 0.455 e. The van der Waals surface area contributed by atoms with Gasteiger partial charge in [-0.1, -0.05) is 129 Å². The Morgan fingerprint density at radius 2 is 1.12 bits per heavy atom. The number of fused-ring (bicyclic) bond motifs is 13. The van der Waals surface area contributed by atoms with E-state index >= 15 is 0 Å². The van der Waals surface area contributed by atoms with Crippen LogP contribution in [0.25, 0.3) is 75.1 Å². The average molecular weight is 684 g/mol. The van der Waals surface area contributed by atoms with Gasteiger partial charge in [-0.25, -0.2) is 0 Å². The number of anilines is 3. The molecule has 0 radical (unpaired) electrons. The van der Waals surface area contributed by atoms with Crippen LogP contribution < -0.4 is 4.90 Å². The number of rotatable bonds is 4. The smallest absolute Gasteiger partial charge is 0.143 e. The minimum Gasteiger partial charge on any atom is -0.455 e. The summed E-state index contributed by atoms with van der Waals surface area (Å²) in [6.45, 7) is 4.76. The maximum absolute atomic E-state index is 6.65. The first-order valence-corrected chi connectivity index (χ1v) is 18.7. The molecule has 246 valence electrons. The van der Waals surface area contributed by atoms with Crippen molar-refractivity contribution in [1.29, 1.82) is 0 Å². The Morgan fingerprint density at radius 3 is 1.94 bits per heavy atom. The van der Waals surface area contributed by atoms with E-state index in [0.717, 1.165) is 33.6 Å². The molecule has 0 N–H and O–H groups in total. The van der Waals surface area contributed by atoms with Crippen LogP contribution in [-0.2, 0) is 5.41 Å². The van der Waals surface area contributed by atoms with E-state index in [1.54, 1.807) is 0 Å². The second-order valence-corrected chi connectivity index (χ2v) is 15.6. The summed E-state index contributed by atoms with van der Waals surface area (Å²) in [5, 5.41) is 7.42. The standard InChI is InChI=1S/C49H33NOS/c1-49(2)41-27-25-33(28-40(41)45-37-15-6-7-16-38(37)48-46(47(45)49)39-17-8-10-18-42(39)51-48)50(32-22-20-31(21-23-32)30-12-4-3-5-13-30)34-24-26-36-35-14-9-11-19-43(35)52-44(36)29-34/h3-29H,1-2H3. The van der Waals surface area contributed by atoms with Crippen LogP contribution >= 0.6 is 11.3 Å². The highest BCUT2D eigenvalue weighted by atomic mass is 32.1. The van der Waals surface area contributed by atoms with Crippen LogP contribution in [0.3, 0.4) is 0 Å². The van der Waals surface area contributed by atoms with Crippen molar-refractivity contribution in [2.24, 2.45) is 0 Å². The van der Waals surface area contributed by atoms with Gasteiger partial charge in [0.1, 0.15) is 11.2 Å². The Bertz CT molecular complexity index is 3040. The van der Waals surface area contributed by atoms with Crippen molar-refractivity contribution in [2.75, 3.05) is 4.90 Å². The van der Waals surface area contributed by atoms with Crippen molar-refractivity contribution in [3.8, 4) is 22.3 Å². The van der Waals surface area contributed by atoms with E-state index in [4.69, 9.17) is 4.42 Å². The number of para-hydroxylation sites is 1. The SMILES string of the molecule is CC1(C)c2ccc(N(c3ccc(-c4ccccc4)cc3)c3ccc4c(c3)sc3ccccc34)cc2-c2c1c1c3ccccc3oc1c1ccccc21. The first kappa shape index (κ1) is 29.6. The van der Waals surface area contributed by atoms with E-state index in [2.05, 4.69) is 183 Å². The minimum atomic E-state index is -0.226. The molecule has 0 fully saturated rings. The summed E-state index contributed by atoms with van der Waals surface area (Å²) in [4.78, 5) is 2.43. The molecule has 8 aromatic carbocycles. The van der Waals surface area contributed by atoms with Crippen LogP contribution in [0.15, 0.2) is 168 Å². The molecule has 0 spiro atoms. The molecular weight excluding hydrogens is 651 g/mol. The molecule has 52 heavy (non-hydrogen) atoms. The Labute approximate surface area is 305 Å². The van der Waals surface area contributed by atoms with Crippen LogP contribution in [0.4, 0.5) is 17.1 Å². The lowest BCUT2D eigenvalue weighted by molar-refractivity contribution is 0.659. The maximum atomic E-state index is 6.65. The number of hydrogen-bond acceptors (Lipinski definition) is 3. The van der Waals surface area contributed by atoms with Gasteiger partial charge in [0.05, 0.1) is 0 Å². The molecule has 11 rings (SSSR count). The number of thiophene rings is 1. The number of furan rings is 1. The van der Waals surface area contributed by atoms with E-state index in [1.165, 1.54) is 69.7 Å². The van der Waals surface area contributed by atoms with Gasteiger partial charge in [0.25, 0.3) is 0 Å². The highest BCUT2D eigenvalue weighted by Gasteiger charge is 2.40. The molecule has 0 unspecified atom stereocenters. The minimum absolute atomic E-state index is 0.226. The normalized spacial score (nSPS) is 13.3.